The van der Waals surface area contributed by atoms with Crippen LogP contribution in [-0.2, 0) is 4.79 Å². The first-order valence-corrected chi connectivity index (χ1v) is 8.68. The van der Waals surface area contributed by atoms with Crippen LogP contribution in [-0.4, -0.2) is 30.0 Å². The number of nitrogens with one attached hydrogen (secondary N) is 2. The minimum atomic E-state index is -0.404. The summed E-state index contributed by atoms with van der Waals surface area (Å²) in [6.45, 7) is 1.05. The fraction of sp³-hybridized carbons (Fsp3) is 0.562. The van der Waals surface area contributed by atoms with E-state index in [9.17, 15) is 9.18 Å². The standard InChI is InChI=1S/C16H23FN2OS/c1-21-16(9-5-2-6-10-16)12-18-11-15(20)19-14-8-4-3-7-13(14)17/h3-4,7-8,18H,2,5-6,9-12H2,1H3,(H,19,20). The molecule has 0 aliphatic heterocycles. The number of hydrogen-bond donors (Lipinski definition) is 2. The zero-order valence-electron chi connectivity index (χ0n) is 12.5. The molecule has 0 unspecified atom stereocenters. The molecule has 1 fully saturated rings. The summed E-state index contributed by atoms with van der Waals surface area (Å²) < 4.78 is 13.7. The number of hydrogen-bond acceptors (Lipinski definition) is 3. The Balaban J connectivity index is 1.77. The highest BCUT2D eigenvalue weighted by Gasteiger charge is 2.30. The van der Waals surface area contributed by atoms with Crippen LogP contribution in [0.25, 0.3) is 0 Å². The van der Waals surface area contributed by atoms with Crippen LogP contribution in [0.2, 0.25) is 0 Å². The minimum Gasteiger partial charge on any atom is -0.322 e. The quantitative estimate of drug-likeness (QED) is 0.846. The van der Waals surface area contributed by atoms with Gasteiger partial charge in [-0.25, -0.2) is 4.39 Å². The van der Waals surface area contributed by atoms with Gasteiger partial charge in [0.15, 0.2) is 0 Å². The highest BCUT2D eigenvalue weighted by atomic mass is 32.2. The first kappa shape index (κ1) is 16.3. The topological polar surface area (TPSA) is 41.1 Å². The Morgan fingerprint density at radius 3 is 2.67 bits per heavy atom. The van der Waals surface area contributed by atoms with Gasteiger partial charge in [-0.2, -0.15) is 11.8 Å². The zero-order valence-corrected chi connectivity index (χ0v) is 13.3. The summed E-state index contributed by atoms with van der Waals surface area (Å²) in [5, 5.41) is 5.83. The van der Waals surface area contributed by atoms with E-state index in [0.29, 0.717) is 0 Å². The Morgan fingerprint density at radius 2 is 2.00 bits per heavy atom. The molecule has 2 N–H and O–H groups in total. The summed E-state index contributed by atoms with van der Waals surface area (Å²) in [4.78, 5) is 11.9. The average Bonchev–Trinajstić information content (AvgIpc) is 2.50. The van der Waals surface area contributed by atoms with E-state index in [0.717, 1.165) is 6.54 Å². The number of rotatable bonds is 6. The molecule has 0 heterocycles. The minimum absolute atomic E-state index is 0.202. The normalized spacial score (nSPS) is 17.4. The molecule has 0 atom stereocenters. The maximum Gasteiger partial charge on any atom is 0.238 e. The van der Waals surface area contributed by atoms with E-state index in [1.807, 2.05) is 11.8 Å². The van der Waals surface area contributed by atoms with Crippen molar-refractivity contribution in [2.45, 2.75) is 36.9 Å². The fourth-order valence-corrected chi connectivity index (χ4v) is 3.75. The molecule has 21 heavy (non-hydrogen) atoms. The highest BCUT2D eigenvalue weighted by Crippen LogP contribution is 2.37. The van der Waals surface area contributed by atoms with Crippen LogP contribution in [0.4, 0.5) is 10.1 Å². The maximum atomic E-state index is 13.4. The summed E-state index contributed by atoms with van der Waals surface area (Å²) >= 11 is 1.90. The van der Waals surface area contributed by atoms with E-state index in [4.69, 9.17) is 0 Å². The Morgan fingerprint density at radius 1 is 1.29 bits per heavy atom. The number of amides is 1. The van der Waals surface area contributed by atoms with Crippen molar-refractivity contribution in [3.8, 4) is 0 Å². The average molecular weight is 310 g/mol. The lowest BCUT2D eigenvalue weighted by molar-refractivity contribution is -0.115. The second-order valence-corrected chi connectivity index (χ2v) is 6.85. The van der Waals surface area contributed by atoms with Gasteiger partial charge >= 0.3 is 0 Å². The largest absolute Gasteiger partial charge is 0.322 e. The van der Waals surface area contributed by atoms with Gasteiger partial charge in [-0.05, 0) is 31.2 Å². The molecule has 116 valence electrons. The number of halogens is 1. The van der Waals surface area contributed by atoms with Crippen LogP contribution in [0.15, 0.2) is 24.3 Å². The van der Waals surface area contributed by atoms with Gasteiger partial charge in [0.2, 0.25) is 5.91 Å². The second kappa shape index (κ2) is 7.80. The predicted molar refractivity (Wildman–Crippen MR) is 87.2 cm³/mol. The van der Waals surface area contributed by atoms with Crippen LogP contribution < -0.4 is 10.6 Å². The summed E-state index contributed by atoms with van der Waals surface area (Å²) in [7, 11) is 0. The lowest BCUT2D eigenvalue weighted by Crippen LogP contribution is -2.42. The van der Waals surface area contributed by atoms with Gasteiger partial charge in [-0.3, -0.25) is 4.79 Å². The van der Waals surface area contributed by atoms with Crippen molar-refractivity contribution >= 4 is 23.4 Å². The van der Waals surface area contributed by atoms with Crippen molar-refractivity contribution in [2.75, 3.05) is 24.7 Å². The van der Waals surface area contributed by atoms with Gasteiger partial charge in [0.1, 0.15) is 5.82 Å². The van der Waals surface area contributed by atoms with Gasteiger partial charge in [0.05, 0.1) is 12.2 Å². The van der Waals surface area contributed by atoms with Crippen molar-refractivity contribution in [2.24, 2.45) is 0 Å². The van der Waals surface area contributed by atoms with Crippen molar-refractivity contribution in [3.63, 3.8) is 0 Å². The number of para-hydroxylation sites is 1. The van der Waals surface area contributed by atoms with E-state index in [2.05, 4.69) is 16.9 Å². The predicted octanol–water partition coefficient (Wildman–Crippen LogP) is 3.42. The van der Waals surface area contributed by atoms with Gasteiger partial charge in [0.25, 0.3) is 0 Å². The lowest BCUT2D eigenvalue weighted by atomic mass is 9.88. The summed E-state index contributed by atoms with van der Waals surface area (Å²) in [5.74, 6) is -0.606. The smallest absolute Gasteiger partial charge is 0.238 e. The van der Waals surface area contributed by atoms with E-state index >= 15 is 0 Å². The zero-order chi connectivity index (χ0) is 15.1. The van der Waals surface area contributed by atoms with Crippen LogP contribution in [0.1, 0.15) is 32.1 Å². The molecular formula is C16H23FN2OS. The van der Waals surface area contributed by atoms with E-state index in [-0.39, 0.29) is 22.9 Å². The second-order valence-electron chi connectivity index (χ2n) is 5.58. The first-order chi connectivity index (χ1) is 10.2. The highest BCUT2D eigenvalue weighted by molar-refractivity contribution is 8.00. The molecule has 5 heteroatoms. The van der Waals surface area contributed by atoms with Crippen LogP contribution in [0, 0.1) is 5.82 Å². The van der Waals surface area contributed by atoms with Crippen molar-refractivity contribution in [1.82, 2.24) is 5.32 Å². The molecule has 3 nitrogen and oxygen atoms in total. The van der Waals surface area contributed by atoms with Crippen molar-refractivity contribution < 1.29 is 9.18 Å². The Kier molecular flexibility index (Phi) is 6.06. The van der Waals surface area contributed by atoms with E-state index < -0.39 is 5.82 Å². The number of carbonyl (C=O) groups is 1. The Hall–Kier alpha value is -1.07. The molecule has 1 saturated carbocycles. The van der Waals surface area contributed by atoms with Gasteiger partial charge in [0, 0.05) is 11.3 Å². The number of carbonyl (C=O) groups excluding carboxylic acids is 1. The molecule has 2 rings (SSSR count). The molecule has 1 aromatic rings. The van der Waals surface area contributed by atoms with E-state index in [1.54, 1.807) is 18.2 Å². The molecule has 0 saturated heterocycles. The third-order valence-corrected chi connectivity index (χ3v) is 5.50. The lowest BCUT2D eigenvalue weighted by Gasteiger charge is -2.36. The van der Waals surface area contributed by atoms with E-state index in [1.165, 1.54) is 38.2 Å². The third-order valence-electron chi connectivity index (χ3n) is 4.08. The monoisotopic (exact) mass is 310 g/mol. The third kappa shape index (κ3) is 4.71. The SMILES string of the molecule is CSC1(CNCC(=O)Nc2ccccc2F)CCCCC1. The molecule has 1 amide bonds. The number of thioether (sulfide) groups is 1. The van der Waals surface area contributed by atoms with Crippen molar-refractivity contribution in [3.05, 3.63) is 30.1 Å². The molecule has 0 aromatic heterocycles. The molecule has 0 bridgehead atoms. The molecule has 1 aliphatic rings. The maximum absolute atomic E-state index is 13.4. The van der Waals surface area contributed by atoms with Gasteiger partial charge in [-0.1, -0.05) is 31.4 Å². The summed E-state index contributed by atoms with van der Waals surface area (Å²) in [6.07, 6.45) is 8.41. The van der Waals surface area contributed by atoms with Crippen molar-refractivity contribution in [1.29, 1.82) is 0 Å². The number of anilines is 1. The fourth-order valence-electron chi connectivity index (χ4n) is 2.81. The van der Waals surface area contributed by atoms with Crippen LogP contribution >= 0.6 is 11.8 Å². The van der Waals surface area contributed by atoms with Crippen LogP contribution in [0.3, 0.4) is 0 Å². The molecule has 0 radical (unpaired) electrons. The Bertz CT molecular complexity index is 475. The molecule has 1 aromatic carbocycles. The summed E-state index contributed by atoms with van der Waals surface area (Å²) in [6, 6.07) is 6.22. The Labute approximate surface area is 130 Å². The summed E-state index contributed by atoms with van der Waals surface area (Å²) in [5.41, 5.74) is 0.238. The number of benzene rings is 1. The molecule has 1 aliphatic carbocycles. The van der Waals surface area contributed by atoms with Gasteiger partial charge in [-0.15, -0.1) is 0 Å². The molecule has 0 spiro atoms. The molecular weight excluding hydrogens is 287 g/mol. The van der Waals surface area contributed by atoms with Gasteiger partial charge < -0.3 is 10.6 Å². The first-order valence-electron chi connectivity index (χ1n) is 7.45. The van der Waals surface area contributed by atoms with Crippen LogP contribution in [0.5, 0.6) is 0 Å².